The predicted octanol–water partition coefficient (Wildman–Crippen LogP) is 1.02. The van der Waals surface area contributed by atoms with Gasteiger partial charge in [-0.05, 0) is 17.9 Å². The van der Waals surface area contributed by atoms with Gasteiger partial charge in [-0.2, -0.15) is 0 Å². The summed E-state index contributed by atoms with van der Waals surface area (Å²) < 4.78 is 22.4. The van der Waals surface area contributed by atoms with Crippen LogP contribution in [0.4, 0.5) is 0 Å². The first-order chi connectivity index (χ1) is 7.16. The molecule has 1 fully saturated rings. The normalized spacial score (nSPS) is 21.6. The summed E-state index contributed by atoms with van der Waals surface area (Å²) in [6, 6.07) is 4.19. The third-order valence-corrected chi connectivity index (χ3v) is 5.24. The Kier molecular flexibility index (Phi) is 3.43. The van der Waals surface area contributed by atoms with E-state index in [1.165, 1.54) is 4.88 Å². The molecule has 2 heterocycles. The van der Waals surface area contributed by atoms with Gasteiger partial charge < -0.3 is 4.90 Å². The van der Waals surface area contributed by atoms with Gasteiger partial charge in [0.1, 0.15) is 0 Å². The molecule has 0 spiro atoms. The zero-order valence-corrected chi connectivity index (χ0v) is 10.2. The van der Waals surface area contributed by atoms with Crippen LogP contribution in [0.3, 0.4) is 0 Å². The highest BCUT2D eigenvalue weighted by Crippen LogP contribution is 2.11. The van der Waals surface area contributed by atoms with E-state index in [9.17, 15) is 8.42 Å². The zero-order chi connectivity index (χ0) is 10.7. The van der Waals surface area contributed by atoms with Crippen LogP contribution in [-0.2, 0) is 16.3 Å². The van der Waals surface area contributed by atoms with Crippen LogP contribution in [0.5, 0.6) is 0 Å². The van der Waals surface area contributed by atoms with E-state index in [1.54, 1.807) is 11.3 Å². The molecule has 1 saturated heterocycles. The van der Waals surface area contributed by atoms with E-state index >= 15 is 0 Å². The molecule has 0 unspecified atom stereocenters. The quantitative estimate of drug-likeness (QED) is 0.798. The summed E-state index contributed by atoms with van der Waals surface area (Å²) in [6.07, 6.45) is 1.04. The number of hydrogen-bond acceptors (Lipinski definition) is 4. The van der Waals surface area contributed by atoms with Gasteiger partial charge in [-0.25, -0.2) is 8.42 Å². The minimum Gasteiger partial charge on any atom is -0.301 e. The van der Waals surface area contributed by atoms with E-state index < -0.39 is 9.84 Å². The van der Waals surface area contributed by atoms with E-state index in [4.69, 9.17) is 0 Å². The third-order valence-electron chi connectivity index (χ3n) is 2.69. The van der Waals surface area contributed by atoms with Crippen LogP contribution in [0.2, 0.25) is 0 Å². The fourth-order valence-corrected chi connectivity index (χ4v) is 3.67. The van der Waals surface area contributed by atoms with Crippen LogP contribution in [0.25, 0.3) is 0 Å². The summed E-state index contributed by atoms with van der Waals surface area (Å²) in [5.41, 5.74) is 0. The zero-order valence-electron chi connectivity index (χ0n) is 8.55. The molecule has 0 saturated carbocycles. The molecule has 0 amide bonds. The first kappa shape index (κ1) is 11.1. The van der Waals surface area contributed by atoms with E-state index in [2.05, 4.69) is 22.4 Å². The van der Waals surface area contributed by atoms with Crippen molar-refractivity contribution in [1.82, 2.24) is 4.90 Å². The summed E-state index contributed by atoms with van der Waals surface area (Å²) in [6.45, 7) is 2.39. The van der Waals surface area contributed by atoms with Crippen molar-refractivity contribution >= 4 is 21.2 Å². The van der Waals surface area contributed by atoms with Crippen molar-refractivity contribution in [2.75, 3.05) is 31.1 Å². The van der Waals surface area contributed by atoms with Crippen molar-refractivity contribution in [3.05, 3.63) is 22.4 Å². The van der Waals surface area contributed by atoms with E-state index in [0.717, 1.165) is 13.0 Å². The Morgan fingerprint density at radius 3 is 2.67 bits per heavy atom. The van der Waals surface area contributed by atoms with Gasteiger partial charge in [0.15, 0.2) is 9.84 Å². The summed E-state index contributed by atoms with van der Waals surface area (Å²) in [7, 11) is -2.73. The Balaban J connectivity index is 1.78. The highest BCUT2D eigenvalue weighted by molar-refractivity contribution is 7.91. The van der Waals surface area contributed by atoms with Crippen molar-refractivity contribution in [1.29, 1.82) is 0 Å². The van der Waals surface area contributed by atoms with Gasteiger partial charge in [0.2, 0.25) is 0 Å². The van der Waals surface area contributed by atoms with Crippen LogP contribution in [0.15, 0.2) is 17.5 Å². The SMILES string of the molecule is O=S1(=O)CCN(CCc2cccs2)CC1. The lowest BCUT2D eigenvalue weighted by molar-refractivity contribution is 0.300. The molecule has 84 valence electrons. The number of rotatable bonds is 3. The number of thiophene rings is 1. The lowest BCUT2D eigenvalue weighted by Gasteiger charge is -2.26. The van der Waals surface area contributed by atoms with Gasteiger partial charge in [-0.1, -0.05) is 6.07 Å². The van der Waals surface area contributed by atoms with E-state index in [1.807, 2.05) is 0 Å². The van der Waals surface area contributed by atoms with Gasteiger partial charge in [0.25, 0.3) is 0 Å². The number of nitrogens with zero attached hydrogens (tertiary/aromatic N) is 1. The van der Waals surface area contributed by atoms with Gasteiger partial charge >= 0.3 is 0 Å². The molecule has 15 heavy (non-hydrogen) atoms. The average Bonchev–Trinajstić information content (AvgIpc) is 2.69. The minimum absolute atomic E-state index is 0.331. The molecular weight excluding hydrogens is 230 g/mol. The van der Waals surface area contributed by atoms with Crippen LogP contribution >= 0.6 is 11.3 Å². The van der Waals surface area contributed by atoms with Crippen LogP contribution in [-0.4, -0.2) is 44.5 Å². The standard InChI is InChI=1S/C10H15NO2S2/c12-15(13)8-5-11(6-9-15)4-3-10-2-1-7-14-10/h1-2,7H,3-6,8-9H2. The Labute approximate surface area is 94.6 Å². The molecule has 0 aromatic carbocycles. The monoisotopic (exact) mass is 245 g/mol. The van der Waals surface area contributed by atoms with Crippen LogP contribution in [0, 0.1) is 0 Å². The Hall–Kier alpha value is -0.390. The highest BCUT2D eigenvalue weighted by atomic mass is 32.2. The minimum atomic E-state index is -2.73. The van der Waals surface area contributed by atoms with Crippen molar-refractivity contribution in [2.45, 2.75) is 6.42 Å². The molecule has 0 aliphatic carbocycles. The van der Waals surface area contributed by atoms with Crippen LogP contribution < -0.4 is 0 Å². The maximum absolute atomic E-state index is 11.2. The Bertz CT molecular complexity index is 383. The first-order valence-electron chi connectivity index (χ1n) is 5.11. The largest absolute Gasteiger partial charge is 0.301 e. The van der Waals surface area contributed by atoms with Crippen molar-refractivity contribution in [3.8, 4) is 0 Å². The summed E-state index contributed by atoms with van der Waals surface area (Å²) in [5, 5.41) is 2.08. The fraction of sp³-hybridized carbons (Fsp3) is 0.600. The number of sulfone groups is 1. The second kappa shape index (κ2) is 4.63. The van der Waals surface area contributed by atoms with Gasteiger partial charge in [-0.15, -0.1) is 11.3 Å². The Morgan fingerprint density at radius 1 is 1.33 bits per heavy atom. The average molecular weight is 245 g/mol. The maximum atomic E-state index is 11.2. The molecule has 0 radical (unpaired) electrons. The first-order valence-corrected chi connectivity index (χ1v) is 7.81. The summed E-state index contributed by atoms with van der Waals surface area (Å²) in [5.74, 6) is 0.662. The molecular formula is C10H15NO2S2. The summed E-state index contributed by atoms with van der Waals surface area (Å²) in [4.78, 5) is 3.62. The highest BCUT2D eigenvalue weighted by Gasteiger charge is 2.20. The van der Waals surface area contributed by atoms with Gasteiger partial charge in [-0.3, -0.25) is 0 Å². The molecule has 1 aromatic heterocycles. The molecule has 1 aromatic rings. The molecule has 0 N–H and O–H groups in total. The molecule has 0 atom stereocenters. The van der Waals surface area contributed by atoms with Gasteiger partial charge in [0.05, 0.1) is 11.5 Å². The van der Waals surface area contributed by atoms with E-state index in [0.29, 0.717) is 24.6 Å². The van der Waals surface area contributed by atoms with Gasteiger partial charge in [0, 0.05) is 24.5 Å². The summed E-state index contributed by atoms with van der Waals surface area (Å²) >= 11 is 1.77. The number of hydrogen-bond donors (Lipinski definition) is 0. The molecule has 1 aliphatic heterocycles. The molecule has 2 rings (SSSR count). The lowest BCUT2D eigenvalue weighted by Crippen LogP contribution is -2.41. The second-order valence-electron chi connectivity index (χ2n) is 3.82. The Morgan fingerprint density at radius 2 is 2.07 bits per heavy atom. The van der Waals surface area contributed by atoms with Crippen LogP contribution in [0.1, 0.15) is 4.88 Å². The third kappa shape index (κ3) is 3.29. The molecule has 1 aliphatic rings. The second-order valence-corrected chi connectivity index (χ2v) is 7.16. The predicted molar refractivity (Wildman–Crippen MR) is 63.1 cm³/mol. The molecule has 3 nitrogen and oxygen atoms in total. The van der Waals surface area contributed by atoms with Crippen molar-refractivity contribution in [3.63, 3.8) is 0 Å². The van der Waals surface area contributed by atoms with E-state index in [-0.39, 0.29) is 0 Å². The topological polar surface area (TPSA) is 37.4 Å². The maximum Gasteiger partial charge on any atom is 0.152 e. The van der Waals surface area contributed by atoms with Crippen molar-refractivity contribution in [2.24, 2.45) is 0 Å². The smallest absolute Gasteiger partial charge is 0.152 e. The molecule has 0 bridgehead atoms. The van der Waals surface area contributed by atoms with Crippen molar-refractivity contribution < 1.29 is 8.42 Å². The lowest BCUT2D eigenvalue weighted by atomic mass is 10.3. The molecule has 5 heteroatoms. The fourth-order valence-electron chi connectivity index (χ4n) is 1.70.